The summed E-state index contributed by atoms with van der Waals surface area (Å²) in [5.74, 6) is 0. The van der Waals surface area contributed by atoms with Gasteiger partial charge in [-0.2, -0.15) is 0 Å². The van der Waals surface area contributed by atoms with Gasteiger partial charge in [-0.1, -0.05) is 128 Å². The Morgan fingerprint density at radius 1 is 0.283 bits per heavy atom. The van der Waals surface area contributed by atoms with Crippen molar-refractivity contribution in [2.24, 2.45) is 0 Å². The molecule has 0 bridgehead atoms. The Hall–Kier alpha value is -4.40. The van der Waals surface area contributed by atoms with Gasteiger partial charge in [0.25, 0.3) is 0 Å². The first kappa shape index (κ1) is 41.4. The smallest absolute Gasteiger partial charge is 0.0901 e. The minimum absolute atomic E-state index is 0. The van der Waals surface area contributed by atoms with Gasteiger partial charge in [0.1, 0.15) is 0 Å². The summed E-state index contributed by atoms with van der Waals surface area (Å²) in [6, 6.07) is 73.2. The van der Waals surface area contributed by atoms with Gasteiger partial charge in [-0.15, -0.1) is 0 Å². The van der Waals surface area contributed by atoms with Gasteiger partial charge in [0.2, 0.25) is 0 Å². The maximum absolute atomic E-state index is 10.7. The van der Waals surface area contributed by atoms with Gasteiger partial charge in [0.05, 0.1) is 21.8 Å². The zero-order valence-electron chi connectivity index (χ0n) is 27.6. The van der Waals surface area contributed by atoms with E-state index in [1.807, 2.05) is 0 Å². The van der Waals surface area contributed by atoms with Gasteiger partial charge in [-0.25, -0.2) is 0 Å². The van der Waals surface area contributed by atoms with E-state index in [0.29, 0.717) is 0 Å². The molecule has 0 saturated heterocycles. The van der Waals surface area contributed by atoms with Crippen molar-refractivity contribution in [3.8, 4) is 0 Å². The minimum Gasteiger partial charge on any atom is -0.0901 e. The predicted molar refractivity (Wildman–Crippen MR) is 214 cm³/mol. The Bertz CT molecular complexity index is 1930. The molecule has 0 saturated carbocycles. The summed E-state index contributed by atoms with van der Waals surface area (Å²) in [6.45, 7) is 0. The number of hydrogen-bond donors (Lipinski definition) is 0. The van der Waals surface area contributed by atoms with E-state index in [-0.39, 0.29) is 29.2 Å². The fourth-order valence-electron chi connectivity index (χ4n) is 4.87. The van der Waals surface area contributed by atoms with Crippen LogP contribution >= 0.6 is 19.6 Å². The van der Waals surface area contributed by atoms with Gasteiger partial charge in [0.15, 0.2) is 29.4 Å². The van der Waals surface area contributed by atoms with E-state index in [4.69, 9.17) is 0 Å². The van der Waals surface area contributed by atoms with Crippen LogP contribution in [0.1, 0.15) is 7.43 Å². The third-order valence-corrected chi connectivity index (χ3v) is 12.4. The average Bonchev–Trinajstić information content (AvgIpc) is 3.14. The molecule has 0 heterocycles. The summed E-state index contributed by atoms with van der Waals surface area (Å²) in [5, 5.41) is 0. The third kappa shape index (κ3) is 14.9. The van der Waals surface area contributed by atoms with Crippen LogP contribution in [0.3, 0.4) is 0 Å². The second kappa shape index (κ2) is 18.1. The van der Waals surface area contributed by atoms with Gasteiger partial charge >= 0.3 is 33.0 Å². The van der Waals surface area contributed by atoms with Gasteiger partial charge in [-0.05, 0) is 97.1 Å². The van der Waals surface area contributed by atoms with Crippen LogP contribution in [-0.4, -0.2) is 0 Å². The second-order valence-electron chi connectivity index (χ2n) is 11.0. The summed E-state index contributed by atoms with van der Waals surface area (Å²) in [4.78, 5) is 10.7. The Balaban J connectivity index is 0.000000204. The number of rotatable bonds is 8. The largest absolute Gasteiger partial charge is 0.166 e. The Labute approximate surface area is 317 Å². The first-order valence-electron chi connectivity index (χ1n) is 15.9. The van der Waals surface area contributed by atoms with Crippen molar-refractivity contribution < 1.29 is 25.2 Å². The van der Waals surface area contributed by atoms with Crippen LogP contribution in [0, 0.1) is 0 Å². The van der Waals surface area contributed by atoms with Crippen molar-refractivity contribution in [1.82, 2.24) is 0 Å². The summed E-state index contributed by atoms with van der Waals surface area (Å²) >= 11 is 1.80. The van der Waals surface area contributed by atoms with Crippen LogP contribution in [0.5, 0.6) is 0 Å². The molecular formula is C43H38F6PS3+. The van der Waals surface area contributed by atoms with Crippen molar-refractivity contribution in [2.45, 2.75) is 46.6 Å². The van der Waals surface area contributed by atoms with Crippen molar-refractivity contribution >= 4 is 41.4 Å². The fourth-order valence-corrected chi connectivity index (χ4v) is 9.89. The first-order chi connectivity index (χ1) is 24.8. The monoisotopic (exact) mass is 795 g/mol. The maximum Gasteiger partial charge on any atom is 0.166 e. The van der Waals surface area contributed by atoms with Crippen molar-refractivity contribution in [1.29, 1.82) is 0 Å². The van der Waals surface area contributed by atoms with Gasteiger partial charge in [0, 0.05) is 9.79 Å². The van der Waals surface area contributed by atoms with Gasteiger partial charge in [-0.3, -0.25) is 0 Å². The van der Waals surface area contributed by atoms with Crippen LogP contribution in [-0.2, 0) is 21.8 Å². The third-order valence-electron chi connectivity index (χ3n) is 6.93. The van der Waals surface area contributed by atoms with Crippen LogP contribution in [0.15, 0.2) is 245 Å². The average molecular weight is 796 g/mol. The van der Waals surface area contributed by atoms with E-state index in [9.17, 15) is 25.2 Å². The van der Waals surface area contributed by atoms with Crippen LogP contribution in [0.4, 0.5) is 25.2 Å². The first-order valence-corrected chi connectivity index (χ1v) is 21.2. The molecule has 0 atom stereocenters. The zero-order chi connectivity index (χ0) is 36.9. The molecule has 0 aromatic heterocycles. The summed E-state index contributed by atoms with van der Waals surface area (Å²) in [5.41, 5.74) is 0. The fraction of sp³-hybridized carbons (Fsp3) is 0.0233. The number of benzene rings is 7. The molecule has 7 aromatic rings. The summed E-state index contributed by atoms with van der Waals surface area (Å²) in [7, 11) is -10.8. The molecule has 0 aliphatic rings. The number of halogens is 6. The summed E-state index contributed by atoms with van der Waals surface area (Å²) in [6.07, 6.45) is 0. The molecule has 0 unspecified atom stereocenters. The molecular weight excluding hydrogens is 758 g/mol. The molecule has 0 spiro atoms. The zero-order valence-corrected chi connectivity index (χ0v) is 30.9. The molecule has 0 N–H and O–H groups in total. The van der Waals surface area contributed by atoms with E-state index in [0.717, 1.165) is 0 Å². The van der Waals surface area contributed by atoms with Crippen LogP contribution < -0.4 is 0 Å². The normalized spacial score (nSPS) is 12.2. The maximum atomic E-state index is 9.87. The molecule has 274 valence electrons. The van der Waals surface area contributed by atoms with Gasteiger partial charge < -0.3 is 0 Å². The molecule has 53 heavy (non-hydrogen) atoms. The van der Waals surface area contributed by atoms with Crippen molar-refractivity contribution in [3.05, 3.63) is 206 Å². The molecule has 7 rings (SSSR count). The minimum atomic E-state index is -10.7. The van der Waals surface area contributed by atoms with Crippen molar-refractivity contribution in [3.63, 3.8) is 0 Å². The van der Waals surface area contributed by atoms with E-state index in [1.165, 1.54) is 39.2 Å². The SMILES string of the molecule is C.F[P-](F)(F)(F)(F)F.c1ccc(Sc2ccc([S+](c3ccccc3)c3ccccc3)cc2)cc1.c1ccc([S+](c2ccccc2)c2ccccc2)cc1. The standard InChI is InChI=1S/C24H19S2.C18H15S.CH4.F6P/c1-4-10-20(11-5-1)25-21-16-18-24(19-17-21)26(22-12-6-2-7-13-22)23-14-8-3-9-15-23;1-4-10-16(11-5-1)19(17-12-6-2-7-13-17)18-14-8-3-9-15-18;;1-7(2,3,4,5)6/h1-19H;1-15H;1H4;/q2*+1;;-1. The summed E-state index contributed by atoms with van der Waals surface area (Å²) < 4.78 is 59.2. The Morgan fingerprint density at radius 2 is 0.472 bits per heavy atom. The Kier molecular flexibility index (Phi) is 14.1. The van der Waals surface area contributed by atoms with E-state index in [1.54, 1.807) is 11.8 Å². The molecule has 0 amide bonds. The van der Waals surface area contributed by atoms with Crippen LogP contribution in [0.25, 0.3) is 0 Å². The molecule has 10 heteroatoms. The van der Waals surface area contributed by atoms with Crippen molar-refractivity contribution in [2.75, 3.05) is 0 Å². The molecule has 0 fully saturated rings. The predicted octanol–water partition coefficient (Wildman–Crippen LogP) is 15.7. The number of hydrogen-bond acceptors (Lipinski definition) is 1. The van der Waals surface area contributed by atoms with Crippen LogP contribution in [0.2, 0.25) is 0 Å². The van der Waals surface area contributed by atoms with E-state index >= 15 is 0 Å². The quantitative estimate of drug-likeness (QED) is 0.0839. The Morgan fingerprint density at radius 3 is 0.717 bits per heavy atom. The molecule has 0 aliphatic carbocycles. The van der Waals surface area contributed by atoms with E-state index < -0.39 is 7.81 Å². The topological polar surface area (TPSA) is 0 Å². The molecule has 0 nitrogen and oxygen atoms in total. The molecule has 0 radical (unpaired) electrons. The molecule has 0 aliphatic heterocycles. The molecule has 7 aromatic carbocycles. The second-order valence-corrected chi connectivity index (χ2v) is 18.1. The van der Waals surface area contributed by atoms with E-state index in [2.05, 4.69) is 206 Å².